The standard InChI is InChI=1S/C11H16BrN3O3/c1-7(2)3-4-13-9(16)6-15-5-8(12)10(17)14-11(15)18/h5,7H,3-4,6H2,1-2H3,(H,13,16)(H,14,17,18). The second kappa shape index (κ2) is 6.53. The molecule has 6 nitrogen and oxygen atoms in total. The lowest BCUT2D eigenvalue weighted by Crippen LogP contribution is -2.36. The molecule has 0 unspecified atom stereocenters. The second-order valence-electron chi connectivity index (χ2n) is 4.40. The van der Waals surface area contributed by atoms with Gasteiger partial charge in [0.25, 0.3) is 5.56 Å². The average molecular weight is 318 g/mol. The van der Waals surface area contributed by atoms with Crippen molar-refractivity contribution in [1.29, 1.82) is 0 Å². The van der Waals surface area contributed by atoms with Gasteiger partial charge in [-0.1, -0.05) is 13.8 Å². The summed E-state index contributed by atoms with van der Waals surface area (Å²) in [7, 11) is 0. The molecule has 7 heteroatoms. The van der Waals surface area contributed by atoms with Gasteiger partial charge in [0.15, 0.2) is 0 Å². The fraction of sp³-hybridized carbons (Fsp3) is 0.545. The maximum atomic E-state index is 11.6. The molecule has 0 saturated heterocycles. The van der Waals surface area contributed by atoms with Gasteiger partial charge in [-0.2, -0.15) is 0 Å². The number of amides is 1. The fourth-order valence-electron chi connectivity index (χ4n) is 1.31. The van der Waals surface area contributed by atoms with Crippen LogP contribution in [0.4, 0.5) is 0 Å². The number of hydrogen-bond acceptors (Lipinski definition) is 3. The van der Waals surface area contributed by atoms with Crippen LogP contribution < -0.4 is 16.6 Å². The summed E-state index contributed by atoms with van der Waals surface area (Å²) in [4.78, 5) is 36.2. The van der Waals surface area contributed by atoms with Crippen LogP contribution in [-0.4, -0.2) is 22.0 Å². The zero-order valence-electron chi connectivity index (χ0n) is 10.3. The Hall–Kier alpha value is -1.37. The van der Waals surface area contributed by atoms with Gasteiger partial charge in [0.1, 0.15) is 6.54 Å². The molecule has 1 heterocycles. The van der Waals surface area contributed by atoms with Gasteiger partial charge in [0.05, 0.1) is 4.47 Å². The molecule has 1 amide bonds. The van der Waals surface area contributed by atoms with Crippen molar-refractivity contribution in [1.82, 2.24) is 14.9 Å². The highest BCUT2D eigenvalue weighted by Gasteiger charge is 2.07. The molecular weight excluding hydrogens is 302 g/mol. The molecule has 100 valence electrons. The van der Waals surface area contributed by atoms with Crippen LogP contribution in [0, 0.1) is 5.92 Å². The number of nitrogens with one attached hydrogen (secondary N) is 2. The summed E-state index contributed by atoms with van der Waals surface area (Å²) in [6, 6.07) is 0. The van der Waals surface area contributed by atoms with Crippen molar-refractivity contribution in [2.45, 2.75) is 26.8 Å². The normalized spacial score (nSPS) is 10.7. The number of halogens is 1. The third-order valence-electron chi connectivity index (χ3n) is 2.33. The first kappa shape index (κ1) is 14.7. The molecule has 0 atom stereocenters. The molecule has 0 aliphatic rings. The minimum Gasteiger partial charge on any atom is -0.355 e. The summed E-state index contributed by atoms with van der Waals surface area (Å²) in [5.74, 6) is 0.256. The maximum Gasteiger partial charge on any atom is 0.328 e. The Morgan fingerprint density at radius 1 is 1.50 bits per heavy atom. The van der Waals surface area contributed by atoms with E-state index in [-0.39, 0.29) is 16.9 Å². The number of H-pyrrole nitrogens is 1. The topological polar surface area (TPSA) is 84.0 Å². The molecule has 0 bridgehead atoms. The molecule has 18 heavy (non-hydrogen) atoms. The first-order chi connectivity index (χ1) is 8.40. The highest BCUT2D eigenvalue weighted by molar-refractivity contribution is 9.10. The Labute approximate surface area is 113 Å². The predicted molar refractivity (Wildman–Crippen MR) is 71.5 cm³/mol. The SMILES string of the molecule is CC(C)CCNC(=O)Cn1cc(Br)c(=O)[nH]c1=O. The van der Waals surface area contributed by atoms with Gasteiger partial charge in [-0.3, -0.25) is 19.1 Å². The van der Waals surface area contributed by atoms with E-state index in [0.717, 1.165) is 11.0 Å². The summed E-state index contributed by atoms with van der Waals surface area (Å²) in [5.41, 5.74) is -1.10. The van der Waals surface area contributed by atoms with Gasteiger partial charge >= 0.3 is 5.69 Å². The van der Waals surface area contributed by atoms with E-state index < -0.39 is 11.2 Å². The first-order valence-electron chi connectivity index (χ1n) is 5.66. The van der Waals surface area contributed by atoms with Crippen molar-refractivity contribution in [3.8, 4) is 0 Å². The number of aromatic amines is 1. The molecule has 0 saturated carbocycles. The van der Waals surface area contributed by atoms with Crippen molar-refractivity contribution < 1.29 is 4.79 Å². The number of nitrogens with zero attached hydrogens (tertiary/aromatic N) is 1. The highest BCUT2D eigenvalue weighted by atomic mass is 79.9. The summed E-state index contributed by atoms with van der Waals surface area (Å²) < 4.78 is 1.37. The number of carbonyl (C=O) groups excluding carboxylic acids is 1. The summed E-state index contributed by atoms with van der Waals surface area (Å²) in [6.07, 6.45) is 2.19. The summed E-state index contributed by atoms with van der Waals surface area (Å²) in [5, 5.41) is 2.72. The highest BCUT2D eigenvalue weighted by Crippen LogP contribution is 1.98. The van der Waals surface area contributed by atoms with Crippen molar-refractivity contribution in [2.24, 2.45) is 5.92 Å². The minimum absolute atomic E-state index is 0.105. The first-order valence-corrected chi connectivity index (χ1v) is 6.45. The molecule has 1 rings (SSSR count). The van der Waals surface area contributed by atoms with Crippen LogP contribution in [0.2, 0.25) is 0 Å². The Morgan fingerprint density at radius 2 is 2.17 bits per heavy atom. The number of aromatic nitrogens is 2. The predicted octanol–water partition coefficient (Wildman–Crippen LogP) is 0.461. The van der Waals surface area contributed by atoms with E-state index >= 15 is 0 Å². The van der Waals surface area contributed by atoms with Crippen molar-refractivity contribution in [2.75, 3.05) is 6.54 Å². The van der Waals surface area contributed by atoms with Gasteiger partial charge in [0.2, 0.25) is 5.91 Å². The molecule has 0 aromatic carbocycles. The van der Waals surface area contributed by atoms with Crippen LogP contribution in [0.15, 0.2) is 20.3 Å². The molecule has 0 fully saturated rings. The van der Waals surface area contributed by atoms with Gasteiger partial charge < -0.3 is 5.32 Å². The van der Waals surface area contributed by atoms with E-state index in [1.807, 2.05) is 0 Å². The molecule has 2 N–H and O–H groups in total. The quantitative estimate of drug-likeness (QED) is 0.827. The molecule has 1 aromatic heterocycles. The summed E-state index contributed by atoms with van der Waals surface area (Å²) >= 11 is 3.01. The van der Waals surface area contributed by atoms with E-state index in [0.29, 0.717) is 12.5 Å². The van der Waals surface area contributed by atoms with Crippen molar-refractivity contribution >= 4 is 21.8 Å². The van der Waals surface area contributed by atoms with E-state index in [2.05, 4.69) is 40.1 Å². The van der Waals surface area contributed by atoms with Crippen LogP contribution in [0.25, 0.3) is 0 Å². The third kappa shape index (κ3) is 4.48. The van der Waals surface area contributed by atoms with E-state index in [4.69, 9.17) is 0 Å². The van der Waals surface area contributed by atoms with Crippen LogP contribution in [0.3, 0.4) is 0 Å². The van der Waals surface area contributed by atoms with E-state index in [1.54, 1.807) is 0 Å². The minimum atomic E-state index is -0.595. The Bertz CT molecular complexity index is 533. The van der Waals surface area contributed by atoms with Crippen molar-refractivity contribution in [3.63, 3.8) is 0 Å². The lowest BCUT2D eigenvalue weighted by molar-refractivity contribution is -0.121. The molecule has 1 aromatic rings. The van der Waals surface area contributed by atoms with Gasteiger partial charge in [0, 0.05) is 12.7 Å². The number of carbonyl (C=O) groups is 1. The molecule has 0 aliphatic heterocycles. The summed E-state index contributed by atoms with van der Waals surface area (Å²) in [6.45, 7) is 4.60. The Balaban J connectivity index is 2.62. The average Bonchev–Trinajstić information content (AvgIpc) is 2.25. The zero-order chi connectivity index (χ0) is 13.7. The Kier molecular flexibility index (Phi) is 5.33. The van der Waals surface area contributed by atoms with Gasteiger partial charge in [-0.25, -0.2) is 4.79 Å². The van der Waals surface area contributed by atoms with Crippen molar-refractivity contribution in [3.05, 3.63) is 31.5 Å². The van der Waals surface area contributed by atoms with Crippen LogP contribution in [-0.2, 0) is 11.3 Å². The largest absolute Gasteiger partial charge is 0.355 e. The van der Waals surface area contributed by atoms with Gasteiger partial charge in [-0.05, 0) is 28.3 Å². The molecule has 0 radical (unpaired) electrons. The smallest absolute Gasteiger partial charge is 0.328 e. The molecule has 0 aliphatic carbocycles. The zero-order valence-corrected chi connectivity index (χ0v) is 11.9. The molecular formula is C11H16BrN3O3. The van der Waals surface area contributed by atoms with Crippen LogP contribution >= 0.6 is 15.9 Å². The van der Waals surface area contributed by atoms with Gasteiger partial charge in [-0.15, -0.1) is 0 Å². The second-order valence-corrected chi connectivity index (χ2v) is 5.25. The van der Waals surface area contributed by atoms with Crippen LogP contribution in [0.1, 0.15) is 20.3 Å². The van der Waals surface area contributed by atoms with E-state index in [1.165, 1.54) is 6.20 Å². The maximum absolute atomic E-state index is 11.6. The number of rotatable bonds is 5. The van der Waals surface area contributed by atoms with Crippen LogP contribution in [0.5, 0.6) is 0 Å². The van der Waals surface area contributed by atoms with E-state index in [9.17, 15) is 14.4 Å². The number of hydrogen-bond donors (Lipinski definition) is 2. The lowest BCUT2D eigenvalue weighted by Gasteiger charge is -2.08. The Morgan fingerprint density at radius 3 is 2.78 bits per heavy atom. The lowest BCUT2D eigenvalue weighted by atomic mass is 10.1. The fourth-order valence-corrected chi connectivity index (χ4v) is 1.66. The third-order valence-corrected chi connectivity index (χ3v) is 2.89. The monoisotopic (exact) mass is 317 g/mol. The molecule has 0 spiro atoms.